The molecule has 0 radical (unpaired) electrons. The Bertz CT molecular complexity index is 1450. The summed E-state index contributed by atoms with van der Waals surface area (Å²) in [5.41, 5.74) is 2.47. The lowest BCUT2D eigenvalue weighted by Crippen LogP contribution is -2.52. The Kier molecular flexibility index (Phi) is 11.6. The molecule has 0 aromatic heterocycles. The van der Waals surface area contributed by atoms with Crippen LogP contribution in [-0.4, -0.2) is 44.3 Å². The molecule has 0 fully saturated rings. The van der Waals surface area contributed by atoms with Crippen molar-refractivity contribution in [3.05, 3.63) is 93.5 Å². The molecule has 0 heterocycles. The van der Waals surface area contributed by atoms with E-state index in [2.05, 4.69) is 5.32 Å². The molecule has 3 aromatic carbocycles. The van der Waals surface area contributed by atoms with Gasteiger partial charge in [-0.05, 0) is 68.1 Å². The first-order chi connectivity index (χ1) is 19.5. The summed E-state index contributed by atoms with van der Waals surface area (Å²) in [6.07, 6.45) is 2.00. The third kappa shape index (κ3) is 7.82. The SMILES string of the molecule is CCCCNC(=O)[C@@H](CC)N(Cc1c(Cl)cccc1Cl)C(=O)CN(c1cccc(C)c1C)S(=O)(=O)c1ccccc1. The third-order valence-electron chi connectivity index (χ3n) is 7.06. The standard InChI is InChI=1S/C31H37Cl2N3O4S/c1-5-7-19-34-31(38)28(6-2)35(20-25-26(32)16-12-17-27(25)33)30(37)21-36(29-18-11-13-22(3)23(29)4)41(39,40)24-14-9-8-10-15-24/h8-18,28H,5-7,19-21H2,1-4H3,(H,34,38)/t28-/m1/s1. The summed E-state index contributed by atoms with van der Waals surface area (Å²) in [6.45, 7) is 7.41. The highest BCUT2D eigenvalue weighted by Gasteiger charge is 2.34. The monoisotopic (exact) mass is 617 g/mol. The van der Waals surface area contributed by atoms with Crippen molar-refractivity contribution in [2.24, 2.45) is 0 Å². The summed E-state index contributed by atoms with van der Waals surface area (Å²) in [6, 6.07) is 17.5. The van der Waals surface area contributed by atoms with Crippen LogP contribution in [0.4, 0.5) is 5.69 Å². The number of amides is 2. The molecule has 0 spiro atoms. The number of anilines is 1. The molecular formula is C31H37Cl2N3O4S. The number of carbonyl (C=O) groups excluding carboxylic acids is 2. The average Bonchev–Trinajstić information content (AvgIpc) is 2.95. The molecule has 0 aliphatic rings. The maximum atomic E-state index is 14.2. The number of sulfonamides is 1. The van der Waals surface area contributed by atoms with Gasteiger partial charge in [0.2, 0.25) is 11.8 Å². The van der Waals surface area contributed by atoms with Crippen molar-refractivity contribution >= 4 is 50.7 Å². The minimum Gasteiger partial charge on any atom is -0.354 e. The zero-order chi connectivity index (χ0) is 30.2. The number of carbonyl (C=O) groups is 2. The second-order valence-electron chi connectivity index (χ2n) is 9.83. The van der Waals surface area contributed by atoms with Gasteiger partial charge < -0.3 is 10.2 Å². The van der Waals surface area contributed by atoms with Gasteiger partial charge in [-0.25, -0.2) is 8.42 Å². The molecule has 220 valence electrons. The Hall–Kier alpha value is -3.07. The van der Waals surface area contributed by atoms with Crippen LogP contribution in [0.2, 0.25) is 10.0 Å². The molecule has 41 heavy (non-hydrogen) atoms. The van der Waals surface area contributed by atoms with Gasteiger partial charge in [-0.2, -0.15) is 0 Å². The molecule has 0 bridgehead atoms. The lowest BCUT2D eigenvalue weighted by Gasteiger charge is -2.34. The van der Waals surface area contributed by atoms with Gasteiger partial charge in [-0.1, -0.05) is 79.9 Å². The number of halogens is 2. The summed E-state index contributed by atoms with van der Waals surface area (Å²) >= 11 is 12.9. The van der Waals surface area contributed by atoms with Crippen LogP contribution in [0, 0.1) is 13.8 Å². The van der Waals surface area contributed by atoms with Crippen molar-refractivity contribution in [3.63, 3.8) is 0 Å². The van der Waals surface area contributed by atoms with E-state index in [1.807, 2.05) is 33.8 Å². The lowest BCUT2D eigenvalue weighted by molar-refractivity contribution is -0.140. The molecule has 0 aliphatic carbocycles. The molecular weight excluding hydrogens is 581 g/mol. The van der Waals surface area contributed by atoms with Crippen LogP contribution < -0.4 is 9.62 Å². The van der Waals surface area contributed by atoms with Crippen LogP contribution in [0.15, 0.2) is 71.6 Å². The minimum atomic E-state index is -4.15. The average molecular weight is 619 g/mol. The van der Waals surface area contributed by atoms with Gasteiger partial charge in [-0.15, -0.1) is 0 Å². The zero-order valence-corrected chi connectivity index (χ0v) is 26.2. The Balaban J connectivity index is 2.11. The first-order valence-electron chi connectivity index (χ1n) is 13.7. The summed E-state index contributed by atoms with van der Waals surface area (Å²) < 4.78 is 29.1. The van der Waals surface area contributed by atoms with Crippen LogP contribution in [0.5, 0.6) is 0 Å². The number of rotatable bonds is 13. The Morgan fingerprint density at radius 1 is 0.902 bits per heavy atom. The highest BCUT2D eigenvalue weighted by atomic mass is 35.5. The molecule has 0 saturated heterocycles. The smallest absolute Gasteiger partial charge is 0.264 e. The molecule has 0 aliphatic heterocycles. The van der Waals surface area contributed by atoms with E-state index in [1.54, 1.807) is 48.5 Å². The van der Waals surface area contributed by atoms with Crippen LogP contribution in [-0.2, 0) is 26.2 Å². The van der Waals surface area contributed by atoms with E-state index < -0.39 is 28.5 Å². The maximum absolute atomic E-state index is 14.2. The van der Waals surface area contributed by atoms with Crippen LogP contribution in [0.3, 0.4) is 0 Å². The largest absolute Gasteiger partial charge is 0.354 e. The normalized spacial score (nSPS) is 12.0. The molecule has 3 aromatic rings. The van der Waals surface area contributed by atoms with E-state index >= 15 is 0 Å². The predicted molar refractivity (Wildman–Crippen MR) is 166 cm³/mol. The van der Waals surface area contributed by atoms with Gasteiger partial charge in [-0.3, -0.25) is 13.9 Å². The van der Waals surface area contributed by atoms with Crippen molar-refractivity contribution in [3.8, 4) is 0 Å². The number of nitrogens with zero attached hydrogens (tertiary/aromatic N) is 2. The molecule has 0 unspecified atom stereocenters. The first kappa shape index (κ1) is 32.4. The molecule has 3 rings (SSSR count). The molecule has 10 heteroatoms. The quantitative estimate of drug-likeness (QED) is 0.221. The van der Waals surface area contributed by atoms with Gasteiger partial charge >= 0.3 is 0 Å². The second kappa shape index (κ2) is 14.7. The zero-order valence-electron chi connectivity index (χ0n) is 23.9. The van der Waals surface area contributed by atoms with E-state index in [0.29, 0.717) is 34.3 Å². The first-order valence-corrected chi connectivity index (χ1v) is 15.9. The summed E-state index contributed by atoms with van der Waals surface area (Å²) in [5.74, 6) is -0.874. The van der Waals surface area contributed by atoms with Gasteiger partial charge in [0.25, 0.3) is 10.0 Å². The molecule has 7 nitrogen and oxygen atoms in total. The molecule has 0 saturated carbocycles. The van der Waals surface area contributed by atoms with Crippen LogP contribution in [0.1, 0.15) is 49.8 Å². The number of aryl methyl sites for hydroxylation is 1. The second-order valence-corrected chi connectivity index (χ2v) is 12.5. The number of benzene rings is 3. The summed E-state index contributed by atoms with van der Waals surface area (Å²) in [4.78, 5) is 29.0. The van der Waals surface area contributed by atoms with Gasteiger partial charge in [0, 0.05) is 28.7 Å². The fraction of sp³-hybridized carbons (Fsp3) is 0.355. The van der Waals surface area contributed by atoms with Crippen molar-refractivity contribution in [2.45, 2.75) is 64.4 Å². The van der Waals surface area contributed by atoms with Crippen molar-refractivity contribution in [1.82, 2.24) is 10.2 Å². The van der Waals surface area contributed by atoms with Crippen molar-refractivity contribution in [2.75, 3.05) is 17.4 Å². The fourth-order valence-corrected chi connectivity index (χ4v) is 6.53. The fourth-order valence-electron chi connectivity index (χ4n) is 4.52. The highest BCUT2D eigenvalue weighted by Crippen LogP contribution is 2.30. The topological polar surface area (TPSA) is 86.8 Å². The molecule has 1 atom stereocenters. The number of hydrogen-bond donors (Lipinski definition) is 1. The van der Waals surface area contributed by atoms with Gasteiger partial charge in [0.05, 0.1) is 10.6 Å². The van der Waals surface area contributed by atoms with Crippen molar-refractivity contribution in [1.29, 1.82) is 0 Å². The van der Waals surface area contributed by atoms with Gasteiger partial charge in [0.1, 0.15) is 12.6 Å². The van der Waals surface area contributed by atoms with Crippen LogP contribution >= 0.6 is 23.2 Å². The molecule has 1 N–H and O–H groups in total. The highest BCUT2D eigenvalue weighted by molar-refractivity contribution is 7.92. The van der Waals surface area contributed by atoms with E-state index in [1.165, 1.54) is 17.0 Å². The maximum Gasteiger partial charge on any atom is 0.264 e. The Labute approximate surface area is 253 Å². The van der Waals surface area contributed by atoms with Crippen molar-refractivity contribution < 1.29 is 18.0 Å². The van der Waals surface area contributed by atoms with E-state index in [9.17, 15) is 18.0 Å². The summed E-state index contributed by atoms with van der Waals surface area (Å²) in [7, 11) is -4.15. The van der Waals surface area contributed by atoms with Crippen LogP contribution in [0.25, 0.3) is 0 Å². The lowest BCUT2D eigenvalue weighted by atomic mass is 10.1. The Morgan fingerprint density at radius 3 is 2.15 bits per heavy atom. The minimum absolute atomic E-state index is 0.0544. The van der Waals surface area contributed by atoms with Gasteiger partial charge in [0.15, 0.2) is 0 Å². The third-order valence-corrected chi connectivity index (χ3v) is 9.54. The Morgan fingerprint density at radius 2 is 1.54 bits per heavy atom. The predicted octanol–water partition coefficient (Wildman–Crippen LogP) is 6.53. The summed E-state index contributed by atoms with van der Waals surface area (Å²) in [5, 5.41) is 3.61. The van der Waals surface area contributed by atoms with E-state index in [-0.39, 0.29) is 17.3 Å². The number of unbranched alkanes of at least 4 members (excludes halogenated alkanes) is 1. The van der Waals surface area contributed by atoms with E-state index in [0.717, 1.165) is 28.3 Å². The molecule has 2 amide bonds. The number of hydrogen-bond acceptors (Lipinski definition) is 4. The van der Waals surface area contributed by atoms with E-state index in [4.69, 9.17) is 23.2 Å². The number of nitrogens with one attached hydrogen (secondary N) is 1.